The van der Waals surface area contributed by atoms with Crippen molar-refractivity contribution in [2.75, 3.05) is 6.61 Å². The van der Waals surface area contributed by atoms with Crippen LogP contribution in [0, 0.1) is 23.2 Å². The zero-order valence-electron chi connectivity index (χ0n) is 11.2. The maximum Gasteiger partial charge on any atom is 0.323 e. The van der Waals surface area contributed by atoms with E-state index in [2.05, 4.69) is 0 Å². The number of nitrogens with zero attached hydrogens (tertiary/aromatic N) is 1. The van der Waals surface area contributed by atoms with Gasteiger partial charge in [0.2, 0.25) is 0 Å². The lowest BCUT2D eigenvalue weighted by Gasteiger charge is -2.20. The normalized spacial score (nSPS) is 14.8. The van der Waals surface area contributed by atoms with E-state index in [1.165, 1.54) is 0 Å². The van der Waals surface area contributed by atoms with Crippen LogP contribution in [0.15, 0.2) is 0 Å². The number of rotatable bonds is 7. The first-order valence-electron chi connectivity index (χ1n) is 6.10. The molecule has 0 saturated carbocycles. The Morgan fingerprint density at radius 3 is 2.53 bits per heavy atom. The lowest BCUT2D eigenvalue weighted by molar-refractivity contribution is -0.147. The summed E-state index contributed by atoms with van der Waals surface area (Å²) in [6.45, 7) is 7.41. The topological polar surface area (TPSA) is 70.3 Å². The highest BCUT2D eigenvalue weighted by Crippen LogP contribution is 2.22. The average molecular weight is 241 g/mol. The Hall–Kier alpha value is -1.08. The van der Waals surface area contributed by atoms with Gasteiger partial charge in [-0.25, -0.2) is 0 Å². The van der Waals surface area contributed by atoms with Gasteiger partial charge in [0.25, 0.3) is 0 Å². The molecule has 0 bridgehead atoms. The van der Waals surface area contributed by atoms with E-state index in [9.17, 15) is 9.90 Å². The molecule has 0 spiro atoms. The van der Waals surface area contributed by atoms with Crippen LogP contribution in [0.5, 0.6) is 0 Å². The number of hydrogen-bond acceptors (Lipinski definition) is 4. The molecule has 0 aliphatic carbocycles. The minimum absolute atomic E-state index is 0.0404. The molecule has 0 fully saturated rings. The molecule has 2 atom stereocenters. The van der Waals surface area contributed by atoms with Crippen molar-refractivity contribution in [2.45, 2.75) is 52.6 Å². The lowest BCUT2D eigenvalue weighted by Crippen LogP contribution is -2.24. The van der Waals surface area contributed by atoms with Crippen molar-refractivity contribution in [3.63, 3.8) is 0 Å². The van der Waals surface area contributed by atoms with Gasteiger partial charge in [0, 0.05) is 0 Å². The Bertz CT molecular complexity index is 275. The van der Waals surface area contributed by atoms with Gasteiger partial charge in [-0.1, -0.05) is 13.3 Å². The summed E-state index contributed by atoms with van der Waals surface area (Å²) in [5.74, 6) is -1.18. The summed E-state index contributed by atoms with van der Waals surface area (Å²) < 4.78 is 4.85. The van der Waals surface area contributed by atoms with Gasteiger partial charge in [-0.3, -0.25) is 4.79 Å². The van der Waals surface area contributed by atoms with Gasteiger partial charge < -0.3 is 9.84 Å². The standard InChI is InChI=1S/C13H23NO3/c1-5-17-12(15)11(9-14)10(2)7-6-8-13(3,4)16/h10-11,16H,5-8H2,1-4H3. The summed E-state index contributed by atoms with van der Waals surface area (Å²) in [6.07, 6.45) is 2.20. The Balaban J connectivity index is 4.14. The van der Waals surface area contributed by atoms with E-state index < -0.39 is 17.5 Å². The quantitative estimate of drug-likeness (QED) is 0.694. The fourth-order valence-corrected chi connectivity index (χ4v) is 1.67. The van der Waals surface area contributed by atoms with E-state index in [1.807, 2.05) is 13.0 Å². The summed E-state index contributed by atoms with van der Waals surface area (Å²) in [5, 5.41) is 18.5. The molecule has 4 nitrogen and oxygen atoms in total. The second-order valence-corrected chi connectivity index (χ2v) is 5.04. The molecule has 0 amide bonds. The van der Waals surface area contributed by atoms with Crippen LogP contribution < -0.4 is 0 Å². The summed E-state index contributed by atoms with van der Waals surface area (Å²) in [7, 11) is 0. The van der Waals surface area contributed by atoms with Gasteiger partial charge in [-0.15, -0.1) is 0 Å². The maximum atomic E-state index is 11.5. The number of carbonyl (C=O) groups excluding carboxylic acids is 1. The van der Waals surface area contributed by atoms with E-state index in [1.54, 1.807) is 20.8 Å². The zero-order chi connectivity index (χ0) is 13.5. The van der Waals surface area contributed by atoms with Crippen LogP contribution >= 0.6 is 0 Å². The van der Waals surface area contributed by atoms with E-state index in [0.717, 1.165) is 12.8 Å². The van der Waals surface area contributed by atoms with E-state index in [4.69, 9.17) is 10.00 Å². The monoisotopic (exact) mass is 241 g/mol. The smallest absolute Gasteiger partial charge is 0.323 e. The van der Waals surface area contributed by atoms with Crippen molar-refractivity contribution in [1.29, 1.82) is 5.26 Å². The fraction of sp³-hybridized carbons (Fsp3) is 0.846. The third kappa shape index (κ3) is 6.96. The summed E-state index contributed by atoms with van der Waals surface area (Å²) in [6, 6.07) is 2.00. The third-order valence-corrected chi connectivity index (χ3v) is 2.70. The van der Waals surface area contributed by atoms with Crippen molar-refractivity contribution in [3.8, 4) is 6.07 Å². The molecule has 0 rings (SSSR count). The van der Waals surface area contributed by atoms with Crippen LogP contribution in [-0.4, -0.2) is 23.3 Å². The number of aliphatic hydroxyl groups is 1. The van der Waals surface area contributed by atoms with E-state index in [0.29, 0.717) is 13.0 Å². The molecule has 0 radical (unpaired) electrons. The largest absolute Gasteiger partial charge is 0.465 e. The summed E-state index contributed by atoms with van der Waals surface area (Å²) >= 11 is 0. The first-order chi connectivity index (χ1) is 7.81. The highest BCUT2D eigenvalue weighted by atomic mass is 16.5. The van der Waals surface area contributed by atoms with Crippen molar-refractivity contribution in [1.82, 2.24) is 0 Å². The van der Waals surface area contributed by atoms with Crippen LogP contribution in [0.1, 0.15) is 47.0 Å². The molecule has 0 saturated heterocycles. The van der Waals surface area contributed by atoms with Crippen LogP contribution in [0.25, 0.3) is 0 Å². The Labute approximate surface area is 104 Å². The molecule has 0 aromatic rings. The number of ether oxygens (including phenoxy) is 1. The lowest BCUT2D eigenvalue weighted by atomic mass is 9.88. The minimum Gasteiger partial charge on any atom is -0.465 e. The molecule has 0 aliphatic rings. The van der Waals surface area contributed by atoms with E-state index in [-0.39, 0.29) is 5.92 Å². The van der Waals surface area contributed by atoms with Gasteiger partial charge >= 0.3 is 5.97 Å². The molecule has 2 unspecified atom stereocenters. The Kier molecular flexibility index (Phi) is 6.82. The van der Waals surface area contributed by atoms with Gasteiger partial charge in [0.05, 0.1) is 18.3 Å². The Morgan fingerprint density at radius 2 is 2.12 bits per heavy atom. The minimum atomic E-state index is -0.697. The molecule has 98 valence electrons. The highest BCUT2D eigenvalue weighted by molar-refractivity contribution is 5.75. The highest BCUT2D eigenvalue weighted by Gasteiger charge is 2.26. The first-order valence-corrected chi connectivity index (χ1v) is 6.10. The maximum absolute atomic E-state index is 11.5. The average Bonchev–Trinajstić information content (AvgIpc) is 2.17. The number of esters is 1. The fourth-order valence-electron chi connectivity index (χ4n) is 1.67. The SMILES string of the molecule is CCOC(=O)C(C#N)C(C)CCCC(C)(C)O. The van der Waals surface area contributed by atoms with Crippen LogP contribution in [-0.2, 0) is 9.53 Å². The second-order valence-electron chi connectivity index (χ2n) is 5.04. The predicted molar refractivity (Wildman–Crippen MR) is 65.0 cm³/mol. The molecule has 0 aromatic carbocycles. The third-order valence-electron chi connectivity index (χ3n) is 2.70. The molecule has 0 aliphatic heterocycles. The number of nitriles is 1. The van der Waals surface area contributed by atoms with Crippen molar-refractivity contribution in [3.05, 3.63) is 0 Å². The van der Waals surface area contributed by atoms with E-state index >= 15 is 0 Å². The van der Waals surface area contributed by atoms with Gasteiger partial charge in [0.1, 0.15) is 5.92 Å². The van der Waals surface area contributed by atoms with Crippen molar-refractivity contribution < 1.29 is 14.6 Å². The molecule has 0 aromatic heterocycles. The number of carbonyl (C=O) groups is 1. The van der Waals surface area contributed by atoms with Crippen molar-refractivity contribution in [2.24, 2.45) is 11.8 Å². The Morgan fingerprint density at radius 1 is 1.53 bits per heavy atom. The predicted octanol–water partition coefficient (Wildman–Crippen LogP) is 2.27. The van der Waals surface area contributed by atoms with Gasteiger partial charge in [-0.05, 0) is 39.5 Å². The van der Waals surface area contributed by atoms with Crippen LogP contribution in [0.2, 0.25) is 0 Å². The van der Waals surface area contributed by atoms with Gasteiger partial charge in [-0.2, -0.15) is 5.26 Å². The second kappa shape index (κ2) is 7.29. The van der Waals surface area contributed by atoms with Crippen LogP contribution in [0.4, 0.5) is 0 Å². The molecule has 1 N–H and O–H groups in total. The summed E-state index contributed by atoms with van der Waals surface area (Å²) in [5.41, 5.74) is -0.689. The molecular formula is C13H23NO3. The first kappa shape index (κ1) is 15.9. The summed E-state index contributed by atoms with van der Waals surface area (Å²) in [4.78, 5) is 11.5. The molecule has 0 heterocycles. The molecular weight excluding hydrogens is 218 g/mol. The number of hydrogen-bond donors (Lipinski definition) is 1. The molecule has 4 heteroatoms. The molecule has 17 heavy (non-hydrogen) atoms. The van der Waals surface area contributed by atoms with Crippen molar-refractivity contribution >= 4 is 5.97 Å². The van der Waals surface area contributed by atoms with Crippen LogP contribution in [0.3, 0.4) is 0 Å². The zero-order valence-corrected chi connectivity index (χ0v) is 11.2. The van der Waals surface area contributed by atoms with Gasteiger partial charge in [0.15, 0.2) is 0 Å².